The van der Waals surface area contributed by atoms with E-state index in [2.05, 4.69) is 17.2 Å². The third-order valence-corrected chi connectivity index (χ3v) is 1.15. The standard InChI is InChI=1S/C7H9N3OS/c1-2-5-9-7(12)10-6(11)3-4-8/h2H,1,3,5H2,(H2,9,10,11,12). The fourth-order valence-electron chi connectivity index (χ4n) is 0.452. The molecule has 0 bridgehead atoms. The molecule has 0 radical (unpaired) electrons. The molecule has 0 aliphatic heterocycles. The van der Waals surface area contributed by atoms with E-state index in [9.17, 15) is 4.79 Å². The molecule has 0 rings (SSSR count). The van der Waals surface area contributed by atoms with E-state index in [0.29, 0.717) is 6.54 Å². The lowest BCUT2D eigenvalue weighted by Crippen LogP contribution is -2.38. The molecule has 0 unspecified atom stereocenters. The van der Waals surface area contributed by atoms with Gasteiger partial charge in [-0.1, -0.05) is 6.08 Å². The second-order valence-electron chi connectivity index (χ2n) is 1.88. The summed E-state index contributed by atoms with van der Waals surface area (Å²) in [5.41, 5.74) is 0. The van der Waals surface area contributed by atoms with Crippen LogP contribution in [0.15, 0.2) is 12.7 Å². The van der Waals surface area contributed by atoms with Gasteiger partial charge in [-0.05, 0) is 12.2 Å². The largest absolute Gasteiger partial charge is 0.359 e. The van der Waals surface area contributed by atoms with Gasteiger partial charge in [-0.25, -0.2) is 0 Å². The minimum Gasteiger partial charge on any atom is -0.359 e. The molecule has 0 atom stereocenters. The lowest BCUT2D eigenvalue weighted by atomic mass is 10.4. The van der Waals surface area contributed by atoms with Gasteiger partial charge in [0.2, 0.25) is 5.91 Å². The number of rotatable bonds is 3. The summed E-state index contributed by atoms with van der Waals surface area (Å²) in [5.74, 6) is -0.404. The van der Waals surface area contributed by atoms with Crippen LogP contribution < -0.4 is 10.6 Å². The van der Waals surface area contributed by atoms with E-state index in [1.807, 2.05) is 0 Å². The Balaban J connectivity index is 3.63. The van der Waals surface area contributed by atoms with Crippen LogP contribution >= 0.6 is 12.2 Å². The minimum atomic E-state index is -0.404. The van der Waals surface area contributed by atoms with Crippen LogP contribution in [-0.4, -0.2) is 17.6 Å². The molecular formula is C7H9N3OS. The lowest BCUT2D eigenvalue weighted by molar-refractivity contribution is -0.118. The first-order valence-corrected chi connectivity index (χ1v) is 3.67. The molecule has 64 valence electrons. The van der Waals surface area contributed by atoms with E-state index in [0.717, 1.165) is 0 Å². The van der Waals surface area contributed by atoms with Gasteiger partial charge in [0.05, 0.1) is 6.07 Å². The Morgan fingerprint density at radius 2 is 2.42 bits per heavy atom. The Kier molecular flexibility index (Phi) is 5.57. The lowest BCUT2D eigenvalue weighted by Gasteiger charge is -2.04. The van der Waals surface area contributed by atoms with E-state index in [1.54, 1.807) is 12.1 Å². The number of hydrogen-bond acceptors (Lipinski definition) is 3. The smallest absolute Gasteiger partial charge is 0.240 e. The highest BCUT2D eigenvalue weighted by Gasteiger charge is 2.00. The molecule has 0 fully saturated rings. The van der Waals surface area contributed by atoms with Gasteiger partial charge in [0.1, 0.15) is 6.42 Å². The Hall–Kier alpha value is -1.41. The molecule has 0 aliphatic carbocycles. The van der Waals surface area contributed by atoms with Crippen LogP contribution in [0.3, 0.4) is 0 Å². The first kappa shape index (κ1) is 10.6. The summed E-state index contributed by atoms with van der Waals surface area (Å²) in [4.78, 5) is 10.7. The van der Waals surface area contributed by atoms with Crippen molar-refractivity contribution in [1.82, 2.24) is 10.6 Å². The second kappa shape index (κ2) is 6.31. The Morgan fingerprint density at radius 3 is 2.92 bits per heavy atom. The Labute approximate surface area is 76.3 Å². The first-order chi connectivity index (χ1) is 5.70. The zero-order valence-corrected chi connectivity index (χ0v) is 7.28. The molecule has 0 aliphatic rings. The summed E-state index contributed by atoms with van der Waals surface area (Å²) >= 11 is 4.71. The van der Waals surface area contributed by atoms with E-state index in [4.69, 9.17) is 17.5 Å². The van der Waals surface area contributed by atoms with Crippen LogP contribution in [0.25, 0.3) is 0 Å². The third kappa shape index (κ3) is 5.38. The van der Waals surface area contributed by atoms with Crippen molar-refractivity contribution >= 4 is 23.2 Å². The Bertz CT molecular complexity index is 231. The minimum absolute atomic E-state index is 0.185. The van der Waals surface area contributed by atoms with Crippen LogP contribution in [0.1, 0.15) is 6.42 Å². The SMILES string of the molecule is C=CCNC(=S)NC(=O)CC#N. The van der Waals surface area contributed by atoms with Crippen molar-refractivity contribution in [2.24, 2.45) is 0 Å². The van der Waals surface area contributed by atoms with Gasteiger partial charge in [0.15, 0.2) is 5.11 Å². The number of hydrogen-bond donors (Lipinski definition) is 2. The molecule has 1 amide bonds. The molecule has 0 heterocycles. The highest BCUT2D eigenvalue weighted by Crippen LogP contribution is 1.75. The van der Waals surface area contributed by atoms with Gasteiger partial charge in [-0.15, -0.1) is 6.58 Å². The molecule has 0 spiro atoms. The maximum Gasteiger partial charge on any atom is 0.240 e. The second-order valence-corrected chi connectivity index (χ2v) is 2.29. The number of nitrogens with zero attached hydrogens (tertiary/aromatic N) is 1. The fourth-order valence-corrected chi connectivity index (χ4v) is 0.649. The Morgan fingerprint density at radius 1 is 1.75 bits per heavy atom. The van der Waals surface area contributed by atoms with Crippen molar-refractivity contribution < 1.29 is 4.79 Å². The van der Waals surface area contributed by atoms with Gasteiger partial charge in [0, 0.05) is 6.54 Å². The summed E-state index contributed by atoms with van der Waals surface area (Å²) in [5, 5.41) is 13.4. The van der Waals surface area contributed by atoms with Gasteiger partial charge in [-0.3, -0.25) is 4.79 Å². The average Bonchev–Trinajstić information content (AvgIpc) is 2.01. The van der Waals surface area contributed by atoms with Crippen LogP contribution in [0, 0.1) is 11.3 Å². The number of nitrogens with one attached hydrogen (secondary N) is 2. The van der Waals surface area contributed by atoms with Crippen molar-refractivity contribution in [2.45, 2.75) is 6.42 Å². The summed E-state index contributed by atoms with van der Waals surface area (Å²) < 4.78 is 0. The highest BCUT2D eigenvalue weighted by atomic mass is 32.1. The normalized spacial score (nSPS) is 7.92. The zero-order chi connectivity index (χ0) is 9.40. The first-order valence-electron chi connectivity index (χ1n) is 3.26. The third-order valence-electron chi connectivity index (χ3n) is 0.900. The van der Waals surface area contributed by atoms with Crippen LogP contribution in [0.5, 0.6) is 0 Å². The zero-order valence-electron chi connectivity index (χ0n) is 6.46. The maximum atomic E-state index is 10.7. The molecule has 12 heavy (non-hydrogen) atoms. The predicted molar refractivity (Wildman–Crippen MR) is 49.2 cm³/mol. The number of carbonyl (C=O) groups is 1. The summed E-state index contributed by atoms with van der Waals surface area (Å²) in [7, 11) is 0. The van der Waals surface area contributed by atoms with Crippen molar-refractivity contribution in [3.8, 4) is 6.07 Å². The summed E-state index contributed by atoms with van der Waals surface area (Å²) in [6.45, 7) is 3.95. The van der Waals surface area contributed by atoms with E-state index < -0.39 is 5.91 Å². The van der Waals surface area contributed by atoms with Crippen LogP contribution in [-0.2, 0) is 4.79 Å². The molecule has 0 saturated carbocycles. The average molecular weight is 183 g/mol. The fraction of sp³-hybridized carbons (Fsp3) is 0.286. The molecule has 0 aromatic carbocycles. The van der Waals surface area contributed by atoms with Crippen LogP contribution in [0.2, 0.25) is 0 Å². The molecule has 0 aromatic rings. The van der Waals surface area contributed by atoms with Gasteiger partial charge < -0.3 is 10.6 Å². The molecule has 0 aromatic heterocycles. The van der Waals surface area contributed by atoms with E-state index in [1.165, 1.54) is 0 Å². The van der Waals surface area contributed by atoms with Crippen molar-refractivity contribution in [2.75, 3.05) is 6.54 Å². The highest BCUT2D eigenvalue weighted by molar-refractivity contribution is 7.80. The van der Waals surface area contributed by atoms with E-state index >= 15 is 0 Å². The van der Waals surface area contributed by atoms with Crippen molar-refractivity contribution in [3.63, 3.8) is 0 Å². The number of amides is 1. The number of carbonyl (C=O) groups excluding carboxylic acids is 1. The maximum absolute atomic E-state index is 10.7. The number of thiocarbonyl (C=S) groups is 1. The summed E-state index contributed by atoms with van der Waals surface area (Å²) in [6.07, 6.45) is 1.43. The van der Waals surface area contributed by atoms with Crippen molar-refractivity contribution in [3.05, 3.63) is 12.7 Å². The summed E-state index contributed by atoms with van der Waals surface area (Å²) in [6, 6.07) is 1.71. The monoisotopic (exact) mass is 183 g/mol. The van der Waals surface area contributed by atoms with Gasteiger partial charge in [0.25, 0.3) is 0 Å². The topological polar surface area (TPSA) is 64.9 Å². The quantitative estimate of drug-likeness (QED) is 0.480. The molecule has 5 heteroatoms. The van der Waals surface area contributed by atoms with Crippen LogP contribution in [0.4, 0.5) is 0 Å². The van der Waals surface area contributed by atoms with Crippen molar-refractivity contribution in [1.29, 1.82) is 5.26 Å². The molecular weight excluding hydrogens is 174 g/mol. The molecule has 4 nitrogen and oxygen atoms in total. The molecule has 2 N–H and O–H groups in total. The molecule has 0 saturated heterocycles. The van der Waals surface area contributed by atoms with E-state index in [-0.39, 0.29) is 11.5 Å². The van der Waals surface area contributed by atoms with Gasteiger partial charge in [-0.2, -0.15) is 5.26 Å². The van der Waals surface area contributed by atoms with Gasteiger partial charge >= 0.3 is 0 Å². The number of nitriles is 1. The predicted octanol–water partition coefficient (Wildman–Crippen LogP) is 0.0768.